The first-order valence-corrected chi connectivity index (χ1v) is 15.7. The van der Waals surface area contributed by atoms with Gasteiger partial charge in [-0.15, -0.1) is 0 Å². The lowest BCUT2D eigenvalue weighted by Gasteiger charge is -2.30. The molecule has 0 amide bonds. The molecule has 0 radical (unpaired) electrons. The summed E-state index contributed by atoms with van der Waals surface area (Å²) in [5.74, 6) is 0.517. The number of aryl methyl sites for hydroxylation is 5. The Labute approximate surface area is 263 Å². The molecule has 0 saturated heterocycles. The standard InChI is InChI=1S/C42H42N2/c1-29-11-7-15-35(23-29)43(36-16-8-12-30(2)24-36)39-19-21-41(33(5)27-39)42-22-20-40(28-34(42)6)44(37-17-9-13-31(3)25-37)38-18-10-14-32(4)26-38/h7-13,15-28,32H,14H2,1-6H3/t32-/m1/s1. The predicted octanol–water partition coefficient (Wildman–Crippen LogP) is 12.0. The maximum atomic E-state index is 2.40. The second-order valence-corrected chi connectivity index (χ2v) is 12.4. The molecule has 0 heterocycles. The minimum Gasteiger partial charge on any atom is -0.311 e. The largest absolute Gasteiger partial charge is 0.311 e. The molecule has 0 unspecified atom stereocenters. The topological polar surface area (TPSA) is 6.48 Å². The number of nitrogens with zero attached hydrogens (tertiary/aromatic N) is 2. The third-order valence-electron chi connectivity index (χ3n) is 8.52. The van der Waals surface area contributed by atoms with E-state index in [1.807, 2.05) is 0 Å². The smallest absolute Gasteiger partial charge is 0.0464 e. The highest BCUT2D eigenvalue weighted by atomic mass is 15.1. The Morgan fingerprint density at radius 3 is 1.36 bits per heavy atom. The van der Waals surface area contributed by atoms with E-state index in [2.05, 4.69) is 179 Å². The van der Waals surface area contributed by atoms with Gasteiger partial charge >= 0.3 is 0 Å². The monoisotopic (exact) mass is 574 g/mol. The van der Waals surface area contributed by atoms with Gasteiger partial charge < -0.3 is 9.80 Å². The normalized spacial score (nSPS) is 14.3. The lowest BCUT2D eigenvalue weighted by Crippen LogP contribution is -2.18. The number of rotatable bonds is 7. The van der Waals surface area contributed by atoms with Gasteiger partial charge in [0.25, 0.3) is 0 Å². The van der Waals surface area contributed by atoms with E-state index < -0.39 is 0 Å². The van der Waals surface area contributed by atoms with Gasteiger partial charge in [-0.05, 0) is 153 Å². The first-order chi connectivity index (χ1) is 21.3. The lowest BCUT2D eigenvalue weighted by atomic mass is 9.94. The van der Waals surface area contributed by atoms with E-state index in [0.29, 0.717) is 5.92 Å². The number of allylic oxidation sites excluding steroid dienone is 3. The summed E-state index contributed by atoms with van der Waals surface area (Å²) in [5, 5.41) is 0. The van der Waals surface area contributed by atoms with Crippen molar-refractivity contribution < 1.29 is 0 Å². The summed E-state index contributed by atoms with van der Waals surface area (Å²) in [7, 11) is 0. The van der Waals surface area contributed by atoms with Crippen LogP contribution in [0, 0.1) is 40.5 Å². The number of anilines is 5. The summed E-state index contributed by atoms with van der Waals surface area (Å²) < 4.78 is 0. The van der Waals surface area contributed by atoms with Crippen molar-refractivity contribution in [3.05, 3.63) is 161 Å². The molecule has 0 aliphatic heterocycles. The second-order valence-electron chi connectivity index (χ2n) is 12.4. The van der Waals surface area contributed by atoms with Crippen molar-refractivity contribution in [3.8, 4) is 11.1 Å². The third kappa shape index (κ3) is 6.12. The van der Waals surface area contributed by atoms with Crippen LogP contribution in [-0.2, 0) is 0 Å². The molecule has 5 aromatic carbocycles. The molecule has 6 rings (SSSR count). The van der Waals surface area contributed by atoms with Crippen molar-refractivity contribution >= 4 is 28.4 Å². The highest BCUT2D eigenvalue weighted by molar-refractivity contribution is 5.82. The lowest BCUT2D eigenvalue weighted by molar-refractivity contribution is 0.726. The van der Waals surface area contributed by atoms with E-state index in [1.54, 1.807) is 0 Å². The average molecular weight is 575 g/mol. The van der Waals surface area contributed by atoms with Crippen LogP contribution in [0.15, 0.2) is 133 Å². The highest BCUT2D eigenvalue weighted by Gasteiger charge is 2.19. The molecule has 0 saturated carbocycles. The summed E-state index contributed by atoms with van der Waals surface area (Å²) >= 11 is 0. The van der Waals surface area contributed by atoms with Crippen molar-refractivity contribution in [1.82, 2.24) is 0 Å². The van der Waals surface area contributed by atoms with Crippen LogP contribution in [0.25, 0.3) is 11.1 Å². The molecule has 1 atom stereocenters. The Kier molecular flexibility index (Phi) is 8.26. The van der Waals surface area contributed by atoms with Gasteiger partial charge in [-0.1, -0.05) is 67.6 Å². The molecule has 2 nitrogen and oxygen atoms in total. The number of hydrogen-bond donors (Lipinski definition) is 0. The maximum Gasteiger partial charge on any atom is 0.0464 e. The Bertz CT molecular complexity index is 1830. The summed E-state index contributed by atoms with van der Waals surface area (Å²) in [4.78, 5) is 4.76. The zero-order valence-electron chi connectivity index (χ0n) is 26.8. The van der Waals surface area contributed by atoms with Crippen molar-refractivity contribution in [2.75, 3.05) is 9.80 Å². The first kappa shape index (κ1) is 29.3. The van der Waals surface area contributed by atoms with E-state index in [0.717, 1.165) is 12.1 Å². The molecule has 1 aliphatic rings. The van der Waals surface area contributed by atoms with E-state index in [-0.39, 0.29) is 0 Å². The van der Waals surface area contributed by atoms with Crippen molar-refractivity contribution in [2.24, 2.45) is 5.92 Å². The van der Waals surface area contributed by atoms with Crippen LogP contribution in [0.5, 0.6) is 0 Å². The van der Waals surface area contributed by atoms with Crippen molar-refractivity contribution in [1.29, 1.82) is 0 Å². The molecule has 5 aromatic rings. The minimum atomic E-state index is 0.517. The Morgan fingerprint density at radius 1 is 0.500 bits per heavy atom. The first-order valence-electron chi connectivity index (χ1n) is 15.7. The quantitative estimate of drug-likeness (QED) is 0.191. The van der Waals surface area contributed by atoms with Crippen molar-refractivity contribution in [3.63, 3.8) is 0 Å². The zero-order valence-corrected chi connectivity index (χ0v) is 26.8. The highest BCUT2D eigenvalue weighted by Crippen LogP contribution is 2.40. The van der Waals surface area contributed by atoms with Gasteiger partial charge in [-0.2, -0.15) is 0 Å². The van der Waals surface area contributed by atoms with E-state index in [9.17, 15) is 0 Å². The predicted molar refractivity (Wildman–Crippen MR) is 190 cm³/mol. The zero-order chi connectivity index (χ0) is 30.8. The van der Waals surface area contributed by atoms with Gasteiger partial charge in [-0.3, -0.25) is 0 Å². The molecule has 0 spiro atoms. The molecule has 44 heavy (non-hydrogen) atoms. The van der Waals surface area contributed by atoms with E-state index in [1.165, 1.54) is 67.4 Å². The molecule has 220 valence electrons. The van der Waals surface area contributed by atoms with Crippen LogP contribution in [0.1, 0.15) is 41.2 Å². The van der Waals surface area contributed by atoms with Gasteiger partial charge in [0.15, 0.2) is 0 Å². The molecule has 2 heteroatoms. The van der Waals surface area contributed by atoms with Crippen LogP contribution >= 0.6 is 0 Å². The van der Waals surface area contributed by atoms with Crippen LogP contribution in [0.4, 0.5) is 28.4 Å². The number of benzene rings is 5. The maximum absolute atomic E-state index is 2.40. The Balaban J connectivity index is 1.39. The summed E-state index contributed by atoms with van der Waals surface area (Å²) in [5.41, 5.74) is 15.9. The number of hydrogen-bond acceptors (Lipinski definition) is 2. The minimum absolute atomic E-state index is 0.517. The molecule has 0 N–H and O–H groups in total. The third-order valence-corrected chi connectivity index (χ3v) is 8.52. The summed E-state index contributed by atoms with van der Waals surface area (Å²) in [6, 6.07) is 40.1. The molecular weight excluding hydrogens is 532 g/mol. The van der Waals surface area contributed by atoms with Crippen LogP contribution < -0.4 is 9.80 Å². The van der Waals surface area contributed by atoms with Crippen LogP contribution in [-0.4, -0.2) is 0 Å². The summed E-state index contributed by atoms with van der Waals surface area (Å²) in [6.07, 6.45) is 8.04. The van der Waals surface area contributed by atoms with Gasteiger partial charge in [0.1, 0.15) is 0 Å². The molecular formula is C42H42N2. The SMILES string of the molecule is Cc1cccc(N(C2=C[C@H](C)CC=C2)c2ccc(-c3ccc(N(c4cccc(C)c4)c4cccc(C)c4)cc3C)c(C)c2)c1. The molecule has 0 bridgehead atoms. The van der Waals surface area contributed by atoms with Crippen molar-refractivity contribution in [2.45, 2.75) is 48.0 Å². The fraction of sp³-hybridized carbons (Fsp3) is 0.190. The van der Waals surface area contributed by atoms with Gasteiger partial charge in [-0.25, -0.2) is 0 Å². The van der Waals surface area contributed by atoms with Gasteiger partial charge in [0.2, 0.25) is 0 Å². The second kappa shape index (κ2) is 12.4. The molecule has 1 aliphatic carbocycles. The Morgan fingerprint density at radius 2 is 0.932 bits per heavy atom. The Hall–Kier alpha value is -4.82. The summed E-state index contributed by atoms with van der Waals surface area (Å²) in [6.45, 7) is 13.2. The van der Waals surface area contributed by atoms with E-state index in [4.69, 9.17) is 0 Å². The fourth-order valence-electron chi connectivity index (χ4n) is 6.34. The van der Waals surface area contributed by atoms with Crippen LogP contribution in [0.3, 0.4) is 0 Å². The molecule has 0 aromatic heterocycles. The fourth-order valence-corrected chi connectivity index (χ4v) is 6.34. The van der Waals surface area contributed by atoms with Gasteiger partial charge in [0.05, 0.1) is 0 Å². The van der Waals surface area contributed by atoms with Gasteiger partial charge in [0, 0.05) is 34.1 Å². The van der Waals surface area contributed by atoms with Crippen LogP contribution in [0.2, 0.25) is 0 Å². The van der Waals surface area contributed by atoms with E-state index >= 15 is 0 Å². The average Bonchev–Trinajstić information content (AvgIpc) is 2.98. The molecule has 0 fully saturated rings.